The van der Waals surface area contributed by atoms with Crippen molar-refractivity contribution < 1.29 is 0 Å². The molecule has 0 amide bonds. The monoisotopic (exact) mass is 883 g/mol. The molecule has 1 aromatic rings. The molecule has 0 bridgehead atoms. The topological polar surface area (TPSA) is 0 Å². The van der Waals surface area contributed by atoms with Crippen molar-refractivity contribution in [1.29, 1.82) is 0 Å². The third-order valence-electron chi connectivity index (χ3n) is 12.1. The zero-order chi connectivity index (χ0) is 35.4. The summed E-state index contributed by atoms with van der Waals surface area (Å²) in [6.07, 6.45) is 37.2. The number of hydrogen-bond acceptors (Lipinski definition) is 0. The van der Waals surface area contributed by atoms with Crippen LogP contribution in [0.25, 0.3) is 0 Å². The van der Waals surface area contributed by atoms with E-state index in [0.29, 0.717) is 0 Å². The SMILES string of the molecule is CCCCCCCCc1c[c]([Sn]([CH2]CCC)([CH2]CCC)[CH2]CCC)c(CCCCCCCC)c[c]1[Sn]([CH2]CCC)([CH2]CCC)[CH2]CCC. The van der Waals surface area contributed by atoms with Crippen molar-refractivity contribution in [1.82, 2.24) is 0 Å². The molecule has 0 unspecified atom stereocenters. The number of unbranched alkanes of at least 4 members (excludes halogenated alkanes) is 16. The summed E-state index contributed by atoms with van der Waals surface area (Å²) in [5, 5.41) is 0. The van der Waals surface area contributed by atoms with Crippen LogP contribution in [0.5, 0.6) is 0 Å². The van der Waals surface area contributed by atoms with Crippen molar-refractivity contribution in [2.75, 3.05) is 0 Å². The summed E-state index contributed by atoms with van der Waals surface area (Å²) in [6.45, 7) is 19.6. The van der Waals surface area contributed by atoms with Gasteiger partial charge in [0.2, 0.25) is 0 Å². The Balaban J connectivity index is 3.99. The number of benzene rings is 1. The van der Waals surface area contributed by atoms with Crippen LogP contribution in [0.4, 0.5) is 0 Å². The molecule has 282 valence electrons. The summed E-state index contributed by atoms with van der Waals surface area (Å²) in [6, 6.07) is 6.17. The second-order valence-corrected chi connectivity index (χ2v) is 42.6. The maximum absolute atomic E-state index is 3.08. The molecule has 1 aromatic carbocycles. The van der Waals surface area contributed by atoms with E-state index in [9.17, 15) is 0 Å². The first-order valence-electron chi connectivity index (χ1n) is 22.6. The van der Waals surface area contributed by atoms with Crippen LogP contribution >= 0.6 is 0 Å². The van der Waals surface area contributed by atoms with Gasteiger partial charge in [0.1, 0.15) is 0 Å². The van der Waals surface area contributed by atoms with Crippen molar-refractivity contribution in [3.63, 3.8) is 0 Å². The van der Waals surface area contributed by atoms with Crippen molar-refractivity contribution in [2.24, 2.45) is 0 Å². The Morgan fingerprint density at radius 2 is 0.521 bits per heavy atom. The van der Waals surface area contributed by atoms with E-state index >= 15 is 0 Å². The third-order valence-corrected chi connectivity index (χ3v) is 43.7. The molecular formula is C46H90Sn2. The van der Waals surface area contributed by atoms with E-state index < -0.39 is 36.8 Å². The second kappa shape index (κ2) is 30.3. The number of aryl methyl sites for hydroxylation is 2. The zero-order valence-electron chi connectivity index (χ0n) is 34.8. The van der Waals surface area contributed by atoms with Crippen LogP contribution in [0, 0.1) is 0 Å². The molecule has 0 N–H and O–H groups in total. The molecule has 0 fully saturated rings. The van der Waals surface area contributed by atoms with Crippen molar-refractivity contribution in [3.05, 3.63) is 23.3 Å². The molecule has 0 radical (unpaired) electrons. The van der Waals surface area contributed by atoms with Crippen LogP contribution < -0.4 is 7.16 Å². The molecule has 0 aliphatic carbocycles. The molecule has 0 atom stereocenters. The summed E-state index contributed by atoms with van der Waals surface area (Å²) in [4.78, 5) is 0. The summed E-state index contributed by atoms with van der Waals surface area (Å²) in [5.74, 6) is 0. The average molecular weight is 881 g/mol. The van der Waals surface area contributed by atoms with E-state index in [1.807, 2.05) is 11.1 Å². The molecule has 48 heavy (non-hydrogen) atoms. The summed E-state index contributed by atoms with van der Waals surface area (Å²) in [5.41, 5.74) is 3.88. The minimum absolute atomic E-state index is 1.36. The Bertz CT molecular complexity index is 758. The van der Waals surface area contributed by atoms with Crippen molar-refractivity contribution in [3.8, 4) is 0 Å². The van der Waals surface area contributed by atoms with Gasteiger partial charge in [-0.3, -0.25) is 0 Å². The first-order chi connectivity index (χ1) is 23.5. The fourth-order valence-corrected chi connectivity index (χ4v) is 43.2. The summed E-state index contributed by atoms with van der Waals surface area (Å²) >= 11 is -5.21. The Morgan fingerprint density at radius 3 is 0.771 bits per heavy atom. The fraction of sp³-hybridized carbons (Fsp3) is 0.870. The predicted molar refractivity (Wildman–Crippen MR) is 230 cm³/mol. The normalized spacial score (nSPS) is 12.3. The van der Waals surface area contributed by atoms with Gasteiger partial charge < -0.3 is 0 Å². The molecule has 0 aliphatic rings. The van der Waals surface area contributed by atoms with Crippen molar-refractivity contribution in [2.45, 2.75) is 249 Å². The van der Waals surface area contributed by atoms with Gasteiger partial charge in [-0.2, -0.15) is 0 Å². The Kier molecular flexibility index (Phi) is 29.6. The van der Waals surface area contributed by atoms with Gasteiger partial charge in [0, 0.05) is 0 Å². The Morgan fingerprint density at radius 1 is 0.292 bits per heavy atom. The molecule has 0 aromatic heterocycles. The zero-order valence-corrected chi connectivity index (χ0v) is 40.5. The van der Waals surface area contributed by atoms with E-state index in [4.69, 9.17) is 0 Å². The van der Waals surface area contributed by atoms with Gasteiger partial charge in [-0.15, -0.1) is 0 Å². The van der Waals surface area contributed by atoms with Crippen molar-refractivity contribution >= 4 is 43.9 Å². The molecule has 1 rings (SSSR count). The van der Waals surface area contributed by atoms with Crippen LogP contribution in [-0.4, -0.2) is 36.8 Å². The van der Waals surface area contributed by atoms with Crippen LogP contribution in [0.1, 0.15) is 221 Å². The number of hydrogen-bond donors (Lipinski definition) is 0. The molecule has 0 nitrogen and oxygen atoms in total. The Hall–Kier alpha value is 0.817. The van der Waals surface area contributed by atoms with Crippen LogP contribution in [0.3, 0.4) is 0 Å². The van der Waals surface area contributed by atoms with E-state index in [1.165, 1.54) is 167 Å². The Labute approximate surface area is 313 Å². The minimum atomic E-state index is -2.61. The van der Waals surface area contributed by atoms with E-state index in [2.05, 4.69) is 74.7 Å². The third kappa shape index (κ3) is 17.6. The second-order valence-electron chi connectivity index (χ2n) is 16.4. The van der Waals surface area contributed by atoms with E-state index in [0.717, 1.165) is 0 Å². The van der Waals surface area contributed by atoms with Crippen LogP contribution in [0.15, 0.2) is 12.1 Å². The fourth-order valence-electron chi connectivity index (χ4n) is 8.93. The first kappa shape index (κ1) is 46.8. The summed E-state index contributed by atoms with van der Waals surface area (Å²) < 4.78 is 13.9. The van der Waals surface area contributed by atoms with Crippen LogP contribution in [-0.2, 0) is 12.8 Å². The average Bonchev–Trinajstić information content (AvgIpc) is 3.11. The maximum atomic E-state index is 3.08. The van der Waals surface area contributed by atoms with Gasteiger partial charge in [-0.25, -0.2) is 0 Å². The van der Waals surface area contributed by atoms with Gasteiger partial charge in [0.15, 0.2) is 0 Å². The van der Waals surface area contributed by atoms with Gasteiger partial charge in [0.05, 0.1) is 0 Å². The van der Waals surface area contributed by atoms with E-state index in [-0.39, 0.29) is 0 Å². The number of rotatable bonds is 34. The molecular weight excluding hydrogens is 790 g/mol. The van der Waals surface area contributed by atoms with Crippen LogP contribution in [0.2, 0.25) is 26.6 Å². The molecule has 0 saturated carbocycles. The molecule has 2 heteroatoms. The van der Waals surface area contributed by atoms with Gasteiger partial charge in [-0.1, -0.05) is 0 Å². The molecule has 0 aliphatic heterocycles. The molecule has 0 saturated heterocycles. The summed E-state index contributed by atoms with van der Waals surface area (Å²) in [7, 11) is 0. The quantitative estimate of drug-likeness (QED) is 0.0478. The molecule has 0 heterocycles. The van der Waals surface area contributed by atoms with Gasteiger partial charge >= 0.3 is 316 Å². The first-order valence-corrected chi connectivity index (χ1v) is 37.6. The predicted octanol–water partition coefficient (Wildman–Crippen LogP) is 15.6. The molecule has 0 spiro atoms. The van der Waals surface area contributed by atoms with Gasteiger partial charge in [-0.05, 0) is 0 Å². The standard InChI is InChI=1S/C22H36.6C4H9.2Sn/c1-3-5-7-9-11-13-15-21-17-19-22(20-18-21)16-14-12-10-8-6-4-2;6*1-3-4-2;;/h17,20H,3-16H2,1-2H3;6*1,3-4H2,2H3;;. The van der Waals surface area contributed by atoms with E-state index in [1.54, 1.807) is 26.6 Å². The van der Waals surface area contributed by atoms with Gasteiger partial charge in [0.25, 0.3) is 0 Å².